The van der Waals surface area contributed by atoms with Crippen molar-refractivity contribution in [1.29, 1.82) is 0 Å². The molecule has 3 aromatic rings. The van der Waals surface area contributed by atoms with Gasteiger partial charge in [0.1, 0.15) is 6.61 Å². The Kier molecular flexibility index (Phi) is 7.00. The first-order valence-electron chi connectivity index (χ1n) is 11.0. The van der Waals surface area contributed by atoms with Crippen LogP contribution in [0.15, 0.2) is 48.5 Å². The predicted octanol–water partition coefficient (Wildman–Crippen LogP) is 6.49. The zero-order valence-corrected chi connectivity index (χ0v) is 18.3. The third kappa shape index (κ3) is 5.01. The Balaban J connectivity index is 1.47. The number of aromatic nitrogens is 1. The normalized spacial score (nSPS) is 16.2. The summed E-state index contributed by atoms with van der Waals surface area (Å²) < 4.78 is 11.5. The summed E-state index contributed by atoms with van der Waals surface area (Å²) in [4.78, 5) is 18.5. The van der Waals surface area contributed by atoms with Gasteiger partial charge in [0.05, 0.1) is 23.7 Å². The van der Waals surface area contributed by atoms with Gasteiger partial charge in [-0.15, -0.1) is 11.3 Å². The number of thiophene rings is 1. The number of fused-ring (bicyclic) bond motifs is 1. The van der Waals surface area contributed by atoms with E-state index in [1.807, 2.05) is 43.3 Å². The van der Waals surface area contributed by atoms with Crippen molar-refractivity contribution in [3.63, 3.8) is 0 Å². The van der Waals surface area contributed by atoms with Gasteiger partial charge in [-0.3, -0.25) is 4.79 Å². The topological polar surface area (TPSA) is 48.4 Å². The second-order valence-electron chi connectivity index (χ2n) is 7.92. The molecule has 1 atom stereocenters. The zero-order valence-electron chi connectivity index (χ0n) is 17.5. The molecule has 2 aromatic heterocycles. The molecule has 1 unspecified atom stereocenters. The Morgan fingerprint density at radius 2 is 1.87 bits per heavy atom. The number of esters is 1. The lowest BCUT2D eigenvalue weighted by Gasteiger charge is -2.23. The van der Waals surface area contributed by atoms with Crippen LogP contribution in [0.4, 0.5) is 0 Å². The first-order valence-corrected chi connectivity index (χ1v) is 11.8. The summed E-state index contributed by atoms with van der Waals surface area (Å²) in [6.07, 6.45) is 7.12. The molecule has 0 amide bonds. The molecular weight excluding hydrogens is 394 g/mol. The average Bonchev–Trinajstić information content (AvgIpc) is 3.06. The summed E-state index contributed by atoms with van der Waals surface area (Å²) in [7, 11) is 0. The monoisotopic (exact) mass is 423 g/mol. The minimum Gasteiger partial charge on any atom is -0.478 e. The van der Waals surface area contributed by atoms with E-state index in [4.69, 9.17) is 9.47 Å². The molecule has 1 aromatic carbocycles. The largest absolute Gasteiger partial charge is 0.478 e. The van der Waals surface area contributed by atoms with E-state index in [1.165, 1.54) is 25.7 Å². The molecule has 5 heteroatoms. The smallest absolute Gasteiger partial charge is 0.314 e. The van der Waals surface area contributed by atoms with Crippen molar-refractivity contribution in [3.8, 4) is 5.06 Å². The first kappa shape index (κ1) is 20.9. The minimum atomic E-state index is -0.177. The van der Waals surface area contributed by atoms with Crippen molar-refractivity contribution >= 4 is 28.2 Å². The van der Waals surface area contributed by atoms with E-state index in [-0.39, 0.29) is 11.9 Å². The third-order valence-corrected chi connectivity index (χ3v) is 6.92. The van der Waals surface area contributed by atoms with Gasteiger partial charge in [0, 0.05) is 10.3 Å². The molecule has 1 aliphatic carbocycles. The minimum absolute atomic E-state index is 0.0889. The molecule has 1 aliphatic rings. The van der Waals surface area contributed by atoms with Crippen LogP contribution in [0.3, 0.4) is 0 Å². The van der Waals surface area contributed by atoms with Gasteiger partial charge < -0.3 is 9.47 Å². The number of ether oxygens (including phenoxy) is 2. The molecule has 30 heavy (non-hydrogen) atoms. The van der Waals surface area contributed by atoms with E-state index >= 15 is 0 Å². The Labute approximate surface area is 182 Å². The van der Waals surface area contributed by atoms with Crippen LogP contribution in [0.2, 0.25) is 0 Å². The van der Waals surface area contributed by atoms with Gasteiger partial charge in [-0.05, 0) is 49.9 Å². The maximum absolute atomic E-state index is 12.8. The van der Waals surface area contributed by atoms with Crippen LogP contribution in [0.25, 0.3) is 10.9 Å². The zero-order chi connectivity index (χ0) is 20.8. The SMILES string of the molecule is CCOC(=O)C(c1ccc(OCc2ccc3ccccc3n2)s1)C1CCCCCC1. The molecular formula is C25H29NO3S. The fourth-order valence-electron chi connectivity index (χ4n) is 4.33. The second kappa shape index (κ2) is 10.1. The number of carbonyl (C=O) groups excluding carboxylic acids is 1. The standard InChI is InChI=1S/C25H29NO3S/c1-2-28-25(27)24(19-10-5-3-4-6-11-19)22-15-16-23(30-22)29-17-20-14-13-18-9-7-8-12-21(18)26-20/h7-9,12-16,19,24H,2-6,10-11,17H2,1H3. The van der Waals surface area contributed by atoms with E-state index in [1.54, 1.807) is 11.3 Å². The fourth-order valence-corrected chi connectivity index (χ4v) is 5.37. The summed E-state index contributed by atoms with van der Waals surface area (Å²) >= 11 is 1.57. The molecule has 1 fully saturated rings. The van der Waals surface area contributed by atoms with Crippen LogP contribution in [0.1, 0.15) is 61.9 Å². The maximum Gasteiger partial charge on any atom is 0.314 e. The molecule has 0 N–H and O–H groups in total. The highest BCUT2D eigenvalue weighted by Crippen LogP contribution is 2.40. The number of hydrogen-bond donors (Lipinski definition) is 0. The molecule has 0 bridgehead atoms. The van der Waals surface area contributed by atoms with Gasteiger partial charge >= 0.3 is 5.97 Å². The third-order valence-electron chi connectivity index (χ3n) is 5.84. The van der Waals surface area contributed by atoms with Crippen molar-refractivity contribution in [1.82, 2.24) is 4.98 Å². The van der Waals surface area contributed by atoms with Crippen LogP contribution >= 0.6 is 11.3 Å². The number of carbonyl (C=O) groups is 1. The Morgan fingerprint density at radius 3 is 2.67 bits per heavy atom. The molecule has 4 nitrogen and oxygen atoms in total. The lowest BCUT2D eigenvalue weighted by atomic mass is 9.85. The Bertz CT molecular complexity index is 975. The second-order valence-corrected chi connectivity index (χ2v) is 9.00. The Morgan fingerprint density at radius 1 is 1.07 bits per heavy atom. The van der Waals surface area contributed by atoms with E-state index < -0.39 is 0 Å². The van der Waals surface area contributed by atoms with E-state index in [2.05, 4.69) is 17.1 Å². The summed E-state index contributed by atoms with van der Waals surface area (Å²) in [6, 6.07) is 16.2. The number of rotatable bonds is 7. The molecule has 0 radical (unpaired) electrons. The summed E-state index contributed by atoms with van der Waals surface area (Å²) in [5, 5.41) is 1.95. The number of nitrogens with zero attached hydrogens (tertiary/aromatic N) is 1. The average molecular weight is 424 g/mol. The van der Waals surface area contributed by atoms with Gasteiger partial charge in [-0.1, -0.05) is 49.9 Å². The van der Waals surface area contributed by atoms with Crippen molar-refractivity contribution in [2.45, 2.75) is 58.0 Å². The van der Waals surface area contributed by atoms with Crippen molar-refractivity contribution in [2.24, 2.45) is 5.92 Å². The number of pyridine rings is 1. The highest BCUT2D eigenvalue weighted by molar-refractivity contribution is 7.14. The lowest BCUT2D eigenvalue weighted by molar-refractivity contribution is -0.146. The van der Waals surface area contributed by atoms with Crippen LogP contribution in [0, 0.1) is 5.92 Å². The van der Waals surface area contributed by atoms with E-state index in [9.17, 15) is 4.79 Å². The number of para-hydroxylation sites is 1. The van der Waals surface area contributed by atoms with Crippen LogP contribution in [0.5, 0.6) is 5.06 Å². The maximum atomic E-state index is 12.8. The molecule has 2 heterocycles. The molecule has 0 spiro atoms. The van der Waals surface area contributed by atoms with E-state index in [0.29, 0.717) is 19.1 Å². The summed E-state index contributed by atoms with van der Waals surface area (Å²) in [5.41, 5.74) is 1.87. The van der Waals surface area contributed by atoms with Gasteiger partial charge in [0.25, 0.3) is 0 Å². The van der Waals surface area contributed by atoms with Crippen LogP contribution in [-0.2, 0) is 16.1 Å². The molecule has 4 rings (SSSR count). The lowest BCUT2D eigenvalue weighted by Crippen LogP contribution is -2.23. The molecule has 1 saturated carbocycles. The predicted molar refractivity (Wildman–Crippen MR) is 121 cm³/mol. The summed E-state index contributed by atoms with van der Waals surface area (Å²) in [6.45, 7) is 2.71. The molecule has 0 saturated heterocycles. The van der Waals surface area contributed by atoms with E-state index in [0.717, 1.165) is 39.4 Å². The highest BCUT2D eigenvalue weighted by atomic mass is 32.1. The number of hydrogen-bond acceptors (Lipinski definition) is 5. The highest BCUT2D eigenvalue weighted by Gasteiger charge is 2.32. The quantitative estimate of drug-likeness (QED) is 0.322. The molecule has 158 valence electrons. The van der Waals surface area contributed by atoms with Crippen molar-refractivity contribution in [3.05, 3.63) is 59.1 Å². The van der Waals surface area contributed by atoms with Crippen molar-refractivity contribution < 1.29 is 14.3 Å². The molecule has 0 aliphatic heterocycles. The van der Waals surface area contributed by atoms with Gasteiger partial charge in [0.15, 0.2) is 5.06 Å². The van der Waals surface area contributed by atoms with Crippen LogP contribution in [-0.4, -0.2) is 17.6 Å². The van der Waals surface area contributed by atoms with Crippen molar-refractivity contribution in [2.75, 3.05) is 6.61 Å². The first-order chi connectivity index (χ1) is 14.7. The number of benzene rings is 1. The summed E-state index contributed by atoms with van der Waals surface area (Å²) in [5.74, 6) is 0.0957. The van der Waals surface area contributed by atoms with Gasteiger partial charge in [-0.25, -0.2) is 4.98 Å². The Hall–Kier alpha value is -2.40. The fraction of sp³-hybridized carbons (Fsp3) is 0.440. The van der Waals surface area contributed by atoms with Gasteiger partial charge in [0.2, 0.25) is 0 Å². The van der Waals surface area contributed by atoms with Crippen LogP contribution < -0.4 is 4.74 Å². The van der Waals surface area contributed by atoms with Gasteiger partial charge in [-0.2, -0.15) is 0 Å².